The molecule has 2 saturated heterocycles. The maximum Gasteiger partial charge on any atom is 0.242 e. The number of carbonyl (C=O) groups excluding carboxylic acids is 1. The lowest BCUT2D eigenvalue weighted by Crippen LogP contribution is -2.48. The second kappa shape index (κ2) is 10.7. The van der Waals surface area contributed by atoms with Crippen LogP contribution in [0, 0.1) is 5.92 Å². The van der Waals surface area contributed by atoms with Gasteiger partial charge in [0.15, 0.2) is 0 Å². The van der Waals surface area contributed by atoms with Crippen LogP contribution in [0.1, 0.15) is 57.2 Å². The van der Waals surface area contributed by atoms with Crippen LogP contribution in [-0.4, -0.2) is 41.4 Å². The Morgan fingerprint density at radius 2 is 2.07 bits per heavy atom. The number of rotatable bonds is 6. The Balaban J connectivity index is 1.65. The highest BCUT2D eigenvalue weighted by atomic mass is 35.5. The quantitative estimate of drug-likeness (QED) is 0.635. The predicted molar refractivity (Wildman–Crippen MR) is 130 cm³/mol. The van der Waals surface area contributed by atoms with Gasteiger partial charge in [0.2, 0.25) is 5.91 Å². The molecule has 0 N–H and O–H groups in total. The molecular weight excluding hydrogens is 412 g/mol. The number of halogens is 1. The Morgan fingerprint density at radius 3 is 2.80 bits per heavy atom. The Labute approximate surface area is 190 Å². The van der Waals surface area contributed by atoms with E-state index in [1.807, 2.05) is 19.1 Å². The molecule has 0 radical (unpaired) electrons. The lowest BCUT2D eigenvalue weighted by atomic mass is 9.90. The van der Waals surface area contributed by atoms with E-state index in [1.165, 1.54) is 11.3 Å². The van der Waals surface area contributed by atoms with E-state index in [1.54, 1.807) is 11.3 Å². The van der Waals surface area contributed by atoms with Crippen molar-refractivity contribution in [3.05, 3.63) is 44.1 Å². The third-order valence-corrected chi connectivity index (χ3v) is 7.59. The minimum atomic E-state index is 0.277. The summed E-state index contributed by atoms with van der Waals surface area (Å²) < 4.78 is 1.07. The number of thiophene rings is 1. The molecule has 2 atom stereocenters. The number of piperidine rings is 2. The SMILES string of the molecule is C=C1[C@@H](Cc2c/c(=C/C=C(\C)Cl)c(=C)s2)CCCN1CC(=O)N1CCCCC1CC. The normalized spacial score (nSPS) is 23.9. The summed E-state index contributed by atoms with van der Waals surface area (Å²) in [6, 6.07) is 2.64. The molecule has 0 spiro atoms. The van der Waals surface area contributed by atoms with Gasteiger partial charge in [-0.2, -0.15) is 0 Å². The van der Waals surface area contributed by atoms with Crippen molar-refractivity contribution < 1.29 is 4.79 Å². The highest BCUT2D eigenvalue weighted by Crippen LogP contribution is 2.30. The van der Waals surface area contributed by atoms with Crippen LogP contribution < -0.4 is 9.75 Å². The molecule has 3 nitrogen and oxygen atoms in total. The standard InChI is InChI=1S/C25H35ClN2OS/c1-5-23-10-6-7-14-28(23)25(29)17-27-13-8-9-21(19(27)3)15-24-16-22(20(4)30-24)12-11-18(2)26/h11-12,16,21,23H,3-10,13-15,17H2,1-2H3/b18-11+,22-12-/t21-,23?/m1/s1. The first-order chi connectivity index (χ1) is 14.4. The summed E-state index contributed by atoms with van der Waals surface area (Å²) >= 11 is 7.71. The van der Waals surface area contributed by atoms with Crippen molar-refractivity contribution in [3.8, 4) is 0 Å². The molecule has 1 unspecified atom stereocenters. The molecule has 1 aromatic heterocycles. The van der Waals surface area contributed by atoms with Gasteiger partial charge in [-0.15, -0.1) is 11.3 Å². The Bertz CT molecular complexity index is 899. The largest absolute Gasteiger partial charge is 0.366 e. The Morgan fingerprint density at radius 1 is 1.27 bits per heavy atom. The Kier molecular flexibility index (Phi) is 8.24. The third kappa shape index (κ3) is 5.79. The summed E-state index contributed by atoms with van der Waals surface area (Å²) in [5, 5.41) is 1.90. The summed E-state index contributed by atoms with van der Waals surface area (Å²) in [6.45, 7) is 15.0. The molecule has 1 amide bonds. The van der Waals surface area contributed by atoms with Crippen molar-refractivity contribution >= 4 is 41.5 Å². The highest BCUT2D eigenvalue weighted by Gasteiger charge is 2.30. The fourth-order valence-electron chi connectivity index (χ4n) is 4.69. The minimum absolute atomic E-state index is 0.277. The zero-order chi connectivity index (χ0) is 21.7. The molecule has 2 aliphatic heterocycles. The summed E-state index contributed by atoms with van der Waals surface area (Å²) in [7, 11) is 0. The van der Waals surface area contributed by atoms with E-state index in [4.69, 9.17) is 11.6 Å². The molecule has 3 rings (SSSR count). The van der Waals surface area contributed by atoms with Crippen molar-refractivity contribution in [1.29, 1.82) is 0 Å². The molecule has 0 aliphatic carbocycles. The first-order valence-electron chi connectivity index (χ1n) is 11.2. The zero-order valence-corrected chi connectivity index (χ0v) is 20.0. The van der Waals surface area contributed by atoms with Crippen LogP contribution >= 0.6 is 22.9 Å². The van der Waals surface area contributed by atoms with E-state index >= 15 is 0 Å². The molecule has 2 fully saturated rings. The van der Waals surface area contributed by atoms with Gasteiger partial charge in [-0.05, 0) is 69.2 Å². The summed E-state index contributed by atoms with van der Waals surface area (Å²) in [6.07, 6.45) is 11.8. The summed E-state index contributed by atoms with van der Waals surface area (Å²) in [4.78, 5) is 18.7. The smallest absolute Gasteiger partial charge is 0.242 e. The lowest BCUT2D eigenvalue weighted by molar-refractivity contribution is -0.136. The minimum Gasteiger partial charge on any atom is -0.366 e. The van der Waals surface area contributed by atoms with Gasteiger partial charge in [0.05, 0.1) is 6.54 Å². The number of likely N-dealkylation sites (tertiary alicyclic amines) is 2. The Hall–Kier alpha value is -1.52. The highest BCUT2D eigenvalue weighted by molar-refractivity contribution is 7.09. The molecule has 0 bridgehead atoms. The van der Waals surface area contributed by atoms with Gasteiger partial charge in [0.25, 0.3) is 0 Å². The van der Waals surface area contributed by atoms with Gasteiger partial charge in [0.1, 0.15) is 0 Å². The van der Waals surface area contributed by atoms with Gasteiger partial charge >= 0.3 is 0 Å². The van der Waals surface area contributed by atoms with Crippen LogP contribution in [0.25, 0.3) is 12.7 Å². The topological polar surface area (TPSA) is 23.6 Å². The number of hydrogen-bond acceptors (Lipinski definition) is 3. The third-order valence-electron chi connectivity index (χ3n) is 6.44. The molecule has 3 heterocycles. The molecule has 1 aromatic rings. The van der Waals surface area contributed by atoms with Crippen molar-refractivity contribution in [3.63, 3.8) is 0 Å². The fraction of sp³-hybridized carbons (Fsp3) is 0.560. The van der Waals surface area contributed by atoms with E-state index in [0.717, 1.165) is 72.1 Å². The number of carbonyl (C=O) groups is 1. The molecule has 30 heavy (non-hydrogen) atoms. The molecule has 0 saturated carbocycles. The number of nitrogens with zero attached hydrogens (tertiary/aromatic N) is 2. The summed E-state index contributed by atoms with van der Waals surface area (Å²) in [5.41, 5.74) is 1.13. The second-order valence-electron chi connectivity index (χ2n) is 8.61. The molecule has 5 heteroatoms. The number of allylic oxidation sites excluding steroid dienone is 3. The summed E-state index contributed by atoms with van der Waals surface area (Å²) in [5.74, 6) is 0.672. The molecular formula is C25H35ClN2OS. The average molecular weight is 447 g/mol. The van der Waals surface area contributed by atoms with Crippen LogP contribution in [0.15, 0.2) is 29.5 Å². The van der Waals surface area contributed by atoms with Crippen molar-refractivity contribution in [2.45, 2.75) is 64.8 Å². The number of amides is 1. The van der Waals surface area contributed by atoms with Gasteiger partial charge in [-0.3, -0.25) is 4.79 Å². The average Bonchev–Trinajstić information content (AvgIpc) is 3.08. The maximum absolute atomic E-state index is 13.0. The first-order valence-corrected chi connectivity index (χ1v) is 12.4. The van der Waals surface area contributed by atoms with Crippen molar-refractivity contribution in [2.24, 2.45) is 5.92 Å². The van der Waals surface area contributed by atoms with Crippen molar-refractivity contribution in [1.82, 2.24) is 9.80 Å². The van der Waals surface area contributed by atoms with Gasteiger partial charge in [-0.1, -0.05) is 37.8 Å². The monoisotopic (exact) mass is 446 g/mol. The molecule has 0 aromatic carbocycles. The second-order valence-corrected chi connectivity index (χ2v) is 10.4. The van der Waals surface area contributed by atoms with E-state index in [9.17, 15) is 4.79 Å². The van der Waals surface area contributed by atoms with Crippen LogP contribution in [0.5, 0.6) is 0 Å². The van der Waals surface area contributed by atoms with E-state index in [0.29, 0.717) is 18.5 Å². The van der Waals surface area contributed by atoms with E-state index in [2.05, 4.69) is 35.9 Å². The van der Waals surface area contributed by atoms with Crippen LogP contribution in [-0.2, 0) is 11.2 Å². The van der Waals surface area contributed by atoms with E-state index < -0.39 is 0 Å². The molecule has 2 aliphatic rings. The van der Waals surface area contributed by atoms with Gasteiger partial charge in [0, 0.05) is 45.2 Å². The van der Waals surface area contributed by atoms with Gasteiger partial charge < -0.3 is 9.80 Å². The van der Waals surface area contributed by atoms with E-state index in [-0.39, 0.29) is 5.91 Å². The zero-order valence-electron chi connectivity index (χ0n) is 18.5. The lowest BCUT2D eigenvalue weighted by Gasteiger charge is -2.40. The first kappa shape index (κ1) is 23.1. The predicted octanol–water partition coefficient (Wildman–Crippen LogP) is 4.64. The van der Waals surface area contributed by atoms with Crippen LogP contribution in [0.2, 0.25) is 0 Å². The van der Waals surface area contributed by atoms with Crippen LogP contribution in [0.3, 0.4) is 0 Å². The molecule has 164 valence electrons. The van der Waals surface area contributed by atoms with Crippen LogP contribution in [0.4, 0.5) is 0 Å². The fourth-order valence-corrected chi connectivity index (χ4v) is 5.79. The van der Waals surface area contributed by atoms with Gasteiger partial charge in [-0.25, -0.2) is 0 Å². The van der Waals surface area contributed by atoms with Crippen molar-refractivity contribution in [2.75, 3.05) is 19.6 Å². The number of hydrogen-bond donors (Lipinski definition) is 0. The maximum atomic E-state index is 13.0.